The third kappa shape index (κ3) is 4.43. The second kappa shape index (κ2) is 8.36. The highest BCUT2D eigenvalue weighted by molar-refractivity contribution is 5.46. The Morgan fingerprint density at radius 1 is 0.923 bits per heavy atom. The molecular formula is C23H24F2O. The maximum Gasteiger partial charge on any atom is 0.201 e. The molecule has 0 aliphatic heterocycles. The summed E-state index contributed by atoms with van der Waals surface area (Å²) in [5.74, 6) is 5.17. The zero-order valence-corrected chi connectivity index (χ0v) is 15.3. The fraction of sp³-hybridized carbons (Fsp3) is 0.391. The van der Waals surface area contributed by atoms with Crippen molar-refractivity contribution in [3.63, 3.8) is 0 Å². The molecule has 0 unspecified atom stereocenters. The van der Waals surface area contributed by atoms with Crippen LogP contribution in [0.4, 0.5) is 8.78 Å². The highest BCUT2D eigenvalue weighted by atomic mass is 19.2. The van der Waals surface area contributed by atoms with E-state index in [1.807, 2.05) is 12.1 Å². The molecular weight excluding hydrogens is 330 g/mol. The molecule has 0 heterocycles. The van der Waals surface area contributed by atoms with Gasteiger partial charge in [-0.3, -0.25) is 0 Å². The van der Waals surface area contributed by atoms with Gasteiger partial charge in [0.25, 0.3) is 0 Å². The summed E-state index contributed by atoms with van der Waals surface area (Å²) in [6.45, 7) is 2.33. The van der Waals surface area contributed by atoms with Crippen LogP contribution in [-0.4, -0.2) is 7.11 Å². The number of methoxy groups -OCH3 is 1. The summed E-state index contributed by atoms with van der Waals surface area (Å²) in [5.41, 5.74) is 2.14. The standard InChI is InChI=1S/C23H24F2O/c1-16-3-5-18(6-4-16)15-19-9-7-17(8-10-19)11-12-20-13-14-21(26-2)23(25)22(20)24/h7-10,13-14,16,18H,3-6,15H2,1-2H3. The van der Waals surface area contributed by atoms with Crippen molar-refractivity contribution in [3.05, 3.63) is 64.7 Å². The predicted octanol–water partition coefficient (Wildman–Crippen LogP) is 5.74. The summed E-state index contributed by atoms with van der Waals surface area (Å²) < 4.78 is 32.4. The number of hydrogen-bond donors (Lipinski definition) is 0. The molecule has 2 aromatic carbocycles. The average Bonchev–Trinajstić information content (AvgIpc) is 2.66. The van der Waals surface area contributed by atoms with Gasteiger partial charge < -0.3 is 4.74 Å². The monoisotopic (exact) mass is 354 g/mol. The highest BCUT2D eigenvalue weighted by Crippen LogP contribution is 2.30. The third-order valence-electron chi connectivity index (χ3n) is 5.22. The summed E-state index contributed by atoms with van der Waals surface area (Å²) in [5, 5.41) is 0. The Morgan fingerprint density at radius 2 is 1.62 bits per heavy atom. The Kier molecular flexibility index (Phi) is 5.93. The van der Waals surface area contributed by atoms with Crippen LogP contribution < -0.4 is 4.74 Å². The number of ether oxygens (including phenoxy) is 1. The molecule has 1 aliphatic rings. The second-order valence-electron chi connectivity index (χ2n) is 7.22. The van der Waals surface area contributed by atoms with Crippen molar-refractivity contribution in [2.45, 2.75) is 39.0 Å². The van der Waals surface area contributed by atoms with E-state index in [-0.39, 0.29) is 11.3 Å². The first-order chi connectivity index (χ1) is 12.6. The maximum atomic E-state index is 13.9. The van der Waals surface area contributed by atoms with Crippen LogP contribution in [0.2, 0.25) is 0 Å². The molecule has 0 amide bonds. The van der Waals surface area contributed by atoms with E-state index in [2.05, 4.69) is 30.9 Å². The van der Waals surface area contributed by atoms with Crippen LogP contribution in [0.1, 0.15) is 49.3 Å². The van der Waals surface area contributed by atoms with Crippen LogP contribution in [-0.2, 0) is 6.42 Å². The molecule has 0 atom stereocenters. The third-order valence-corrected chi connectivity index (χ3v) is 5.22. The highest BCUT2D eigenvalue weighted by Gasteiger charge is 2.18. The van der Waals surface area contributed by atoms with Crippen LogP contribution in [0.5, 0.6) is 5.75 Å². The lowest BCUT2D eigenvalue weighted by molar-refractivity contribution is 0.289. The van der Waals surface area contributed by atoms with Gasteiger partial charge in [0.2, 0.25) is 5.82 Å². The topological polar surface area (TPSA) is 9.23 Å². The normalized spacial score (nSPS) is 19.5. The minimum absolute atomic E-state index is 0.0312. The number of hydrogen-bond acceptors (Lipinski definition) is 1. The molecule has 3 rings (SSSR count). The van der Waals surface area contributed by atoms with Gasteiger partial charge >= 0.3 is 0 Å². The summed E-state index contributed by atoms with van der Waals surface area (Å²) in [6, 6.07) is 10.9. The van der Waals surface area contributed by atoms with Crippen molar-refractivity contribution in [3.8, 4) is 17.6 Å². The number of halogens is 2. The molecule has 0 N–H and O–H groups in total. The molecule has 3 heteroatoms. The lowest BCUT2D eigenvalue weighted by Crippen LogP contribution is -2.14. The smallest absolute Gasteiger partial charge is 0.201 e. The minimum Gasteiger partial charge on any atom is -0.494 e. The summed E-state index contributed by atoms with van der Waals surface area (Å²) >= 11 is 0. The Balaban J connectivity index is 1.67. The van der Waals surface area contributed by atoms with Crippen molar-refractivity contribution in [2.75, 3.05) is 7.11 Å². The largest absolute Gasteiger partial charge is 0.494 e. The Morgan fingerprint density at radius 3 is 2.27 bits per heavy atom. The first-order valence-corrected chi connectivity index (χ1v) is 9.19. The molecule has 0 bridgehead atoms. The SMILES string of the molecule is COc1ccc(C#Cc2ccc(CC3CCC(C)CC3)cc2)c(F)c1F. The molecule has 0 radical (unpaired) electrons. The molecule has 1 fully saturated rings. The molecule has 0 spiro atoms. The molecule has 0 aromatic heterocycles. The van der Waals surface area contributed by atoms with Crippen LogP contribution in [0, 0.1) is 35.3 Å². The van der Waals surface area contributed by atoms with E-state index < -0.39 is 11.6 Å². The van der Waals surface area contributed by atoms with Gasteiger partial charge in [-0.2, -0.15) is 4.39 Å². The number of rotatable bonds is 3. The van der Waals surface area contributed by atoms with Crippen molar-refractivity contribution in [2.24, 2.45) is 11.8 Å². The van der Waals surface area contributed by atoms with Crippen LogP contribution >= 0.6 is 0 Å². The van der Waals surface area contributed by atoms with Gasteiger partial charge in [-0.25, -0.2) is 4.39 Å². The molecule has 136 valence electrons. The summed E-state index contributed by atoms with van der Waals surface area (Å²) in [4.78, 5) is 0. The predicted molar refractivity (Wildman–Crippen MR) is 100 cm³/mol. The van der Waals surface area contributed by atoms with Gasteiger partial charge in [-0.05, 0) is 60.9 Å². The molecule has 26 heavy (non-hydrogen) atoms. The van der Waals surface area contributed by atoms with Crippen molar-refractivity contribution in [1.29, 1.82) is 0 Å². The first kappa shape index (κ1) is 18.5. The van der Waals surface area contributed by atoms with Crippen LogP contribution in [0.3, 0.4) is 0 Å². The molecule has 1 nitrogen and oxygen atoms in total. The average molecular weight is 354 g/mol. The van der Waals surface area contributed by atoms with E-state index in [9.17, 15) is 8.78 Å². The quantitative estimate of drug-likeness (QED) is 0.639. The Labute approximate surface area is 154 Å². The maximum absolute atomic E-state index is 13.9. The van der Waals surface area contributed by atoms with E-state index in [0.29, 0.717) is 0 Å². The van der Waals surface area contributed by atoms with E-state index in [4.69, 9.17) is 4.74 Å². The van der Waals surface area contributed by atoms with Crippen LogP contribution in [0.25, 0.3) is 0 Å². The Hall–Kier alpha value is -2.34. The number of benzene rings is 2. The zero-order valence-electron chi connectivity index (χ0n) is 15.3. The zero-order chi connectivity index (χ0) is 18.5. The minimum atomic E-state index is -1.00. The van der Waals surface area contributed by atoms with E-state index in [0.717, 1.165) is 23.8 Å². The van der Waals surface area contributed by atoms with Gasteiger partial charge in [-0.15, -0.1) is 0 Å². The van der Waals surface area contributed by atoms with Crippen LogP contribution in [0.15, 0.2) is 36.4 Å². The van der Waals surface area contributed by atoms with Gasteiger partial charge in [-0.1, -0.05) is 43.7 Å². The van der Waals surface area contributed by atoms with E-state index in [1.54, 1.807) is 0 Å². The molecule has 1 aliphatic carbocycles. The van der Waals surface area contributed by atoms with Gasteiger partial charge in [0.1, 0.15) is 0 Å². The first-order valence-electron chi connectivity index (χ1n) is 9.19. The molecule has 2 aromatic rings. The lowest BCUT2D eigenvalue weighted by Gasteiger charge is -2.26. The fourth-order valence-electron chi connectivity index (χ4n) is 3.52. The lowest BCUT2D eigenvalue weighted by atomic mass is 9.80. The van der Waals surface area contributed by atoms with Crippen molar-refractivity contribution >= 4 is 0 Å². The van der Waals surface area contributed by atoms with Gasteiger partial charge in [0.05, 0.1) is 12.7 Å². The summed E-state index contributed by atoms with van der Waals surface area (Å²) in [7, 11) is 1.30. The molecule has 0 saturated heterocycles. The fourth-order valence-corrected chi connectivity index (χ4v) is 3.52. The second-order valence-corrected chi connectivity index (χ2v) is 7.22. The van der Waals surface area contributed by atoms with Crippen molar-refractivity contribution in [1.82, 2.24) is 0 Å². The summed E-state index contributed by atoms with van der Waals surface area (Å²) in [6.07, 6.45) is 6.39. The van der Waals surface area contributed by atoms with E-state index >= 15 is 0 Å². The van der Waals surface area contributed by atoms with Gasteiger partial charge in [0.15, 0.2) is 11.6 Å². The van der Waals surface area contributed by atoms with Gasteiger partial charge in [0, 0.05) is 5.56 Å². The van der Waals surface area contributed by atoms with Crippen molar-refractivity contribution < 1.29 is 13.5 Å². The van der Waals surface area contributed by atoms with E-state index in [1.165, 1.54) is 50.5 Å². The Bertz CT molecular complexity index is 807. The molecule has 1 saturated carbocycles.